The van der Waals surface area contributed by atoms with Crippen molar-refractivity contribution in [2.45, 2.75) is 32.1 Å². The average molecular weight is 369 g/mol. The van der Waals surface area contributed by atoms with Gasteiger partial charge in [-0.3, -0.25) is 9.59 Å². The highest BCUT2D eigenvalue weighted by molar-refractivity contribution is 5.98. The van der Waals surface area contributed by atoms with Crippen LogP contribution >= 0.6 is 0 Å². The molecule has 2 saturated heterocycles. The van der Waals surface area contributed by atoms with E-state index in [2.05, 4.69) is 4.98 Å². The topological polar surface area (TPSA) is 76.6 Å². The Labute approximate surface area is 159 Å². The second-order valence-electron chi connectivity index (χ2n) is 8.00. The highest BCUT2D eigenvalue weighted by Crippen LogP contribution is 2.39. The largest absolute Gasteiger partial charge is 0.396 e. The summed E-state index contributed by atoms with van der Waals surface area (Å²) in [6.45, 7) is 2.88. The quantitative estimate of drug-likeness (QED) is 0.869. The Morgan fingerprint density at radius 2 is 2.11 bits per heavy atom. The molecule has 1 aromatic heterocycles. The van der Waals surface area contributed by atoms with Crippen LogP contribution in [0.2, 0.25) is 0 Å². The summed E-state index contributed by atoms with van der Waals surface area (Å²) in [6.07, 6.45) is 5.91. The molecule has 2 aliphatic rings. The summed E-state index contributed by atoms with van der Waals surface area (Å²) in [6, 6.07) is 7.81. The minimum atomic E-state index is -0.00614. The van der Waals surface area contributed by atoms with Crippen molar-refractivity contribution in [1.29, 1.82) is 0 Å². The number of carbonyl (C=O) groups is 2. The number of aromatic amines is 1. The van der Waals surface area contributed by atoms with Gasteiger partial charge >= 0.3 is 0 Å². The summed E-state index contributed by atoms with van der Waals surface area (Å²) in [7, 11) is 0. The van der Waals surface area contributed by atoms with Gasteiger partial charge in [0, 0.05) is 61.9 Å². The summed E-state index contributed by atoms with van der Waals surface area (Å²) < 4.78 is 0. The standard InChI is InChI=1S/C21H27N3O3/c25-12-2-11-23-14-21(8-5-19(23)26)7-1-10-24(15-21)20(27)17-4-3-16-6-9-22-18(16)13-17/h3-4,6,9,13,22,25H,1-2,5,7-8,10-12,14-15H2/t21-/m0/s1. The first-order chi connectivity index (χ1) is 13.1. The van der Waals surface area contributed by atoms with Crippen LogP contribution in [0.1, 0.15) is 42.5 Å². The van der Waals surface area contributed by atoms with Gasteiger partial charge in [0.2, 0.25) is 5.91 Å². The molecule has 0 aliphatic carbocycles. The summed E-state index contributed by atoms with van der Waals surface area (Å²) in [4.78, 5) is 32.4. The zero-order valence-electron chi connectivity index (χ0n) is 15.6. The molecule has 4 rings (SSSR count). The Morgan fingerprint density at radius 3 is 2.96 bits per heavy atom. The Balaban J connectivity index is 1.49. The molecule has 27 heavy (non-hydrogen) atoms. The molecule has 0 saturated carbocycles. The number of aromatic nitrogens is 1. The molecule has 2 N–H and O–H groups in total. The third-order valence-electron chi connectivity index (χ3n) is 6.08. The number of likely N-dealkylation sites (tertiary alicyclic amines) is 2. The van der Waals surface area contributed by atoms with E-state index in [1.807, 2.05) is 40.3 Å². The maximum Gasteiger partial charge on any atom is 0.253 e. The molecule has 144 valence electrons. The van der Waals surface area contributed by atoms with Gasteiger partial charge in [-0.25, -0.2) is 0 Å². The van der Waals surface area contributed by atoms with E-state index in [-0.39, 0.29) is 23.8 Å². The van der Waals surface area contributed by atoms with E-state index < -0.39 is 0 Å². The molecular formula is C21H27N3O3. The Bertz CT molecular complexity index is 846. The summed E-state index contributed by atoms with van der Waals surface area (Å²) in [5.41, 5.74) is 1.69. The molecule has 1 aromatic carbocycles. The second-order valence-corrected chi connectivity index (χ2v) is 8.00. The van der Waals surface area contributed by atoms with Crippen molar-refractivity contribution in [3.63, 3.8) is 0 Å². The van der Waals surface area contributed by atoms with Crippen molar-refractivity contribution in [3.8, 4) is 0 Å². The van der Waals surface area contributed by atoms with Gasteiger partial charge in [0.25, 0.3) is 5.91 Å². The molecule has 0 radical (unpaired) electrons. The highest BCUT2D eigenvalue weighted by atomic mass is 16.3. The van der Waals surface area contributed by atoms with Crippen LogP contribution in [0.4, 0.5) is 0 Å². The fourth-order valence-electron chi connectivity index (χ4n) is 4.65. The first-order valence-electron chi connectivity index (χ1n) is 9.85. The van der Waals surface area contributed by atoms with E-state index >= 15 is 0 Å². The van der Waals surface area contributed by atoms with E-state index in [1.165, 1.54) is 0 Å². The normalized spacial score (nSPS) is 23.4. The van der Waals surface area contributed by atoms with Gasteiger partial charge in [0.15, 0.2) is 0 Å². The number of amides is 2. The van der Waals surface area contributed by atoms with Crippen LogP contribution in [0.3, 0.4) is 0 Å². The predicted octanol–water partition coefficient (Wildman–Crippen LogP) is 2.40. The minimum Gasteiger partial charge on any atom is -0.396 e. The third kappa shape index (κ3) is 3.58. The van der Waals surface area contributed by atoms with Crippen LogP contribution in [-0.4, -0.2) is 64.5 Å². The van der Waals surface area contributed by atoms with Gasteiger partial charge in [-0.2, -0.15) is 0 Å². The molecule has 2 fully saturated rings. The number of benzene rings is 1. The number of nitrogens with one attached hydrogen (secondary N) is 1. The smallest absolute Gasteiger partial charge is 0.253 e. The summed E-state index contributed by atoms with van der Waals surface area (Å²) >= 11 is 0. The molecule has 2 aromatic rings. The molecule has 0 bridgehead atoms. The van der Waals surface area contributed by atoms with Gasteiger partial charge in [-0.05, 0) is 49.3 Å². The van der Waals surface area contributed by atoms with Crippen LogP contribution in [0.15, 0.2) is 30.5 Å². The number of piperidine rings is 2. The highest BCUT2D eigenvalue weighted by Gasteiger charge is 2.42. The van der Waals surface area contributed by atoms with E-state index in [0.717, 1.165) is 36.7 Å². The van der Waals surface area contributed by atoms with Gasteiger partial charge in [0.05, 0.1) is 0 Å². The minimum absolute atomic E-state index is 0.00614. The molecule has 1 atom stereocenters. The zero-order valence-corrected chi connectivity index (χ0v) is 15.6. The van der Waals surface area contributed by atoms with Crippen LogP contribution in [-0.2, 0) is 4.79 Å². The lowest BCUT2D eigenvalue weighted by atomic mass is 9.73. The maximum absolute atomic E-state index is 13.1. The SMILES string of the molecule is O=C1CC[C@@]2(CCCN(C(=O)c3ccc4cc[nH]c4c3)C2)CN1CCCO. The van der Waals surface area contributed by atoms with E-state index in [0.29, 0.717) is 38.0 Å². The third-order valence-corrected chi connectivity index (χ3v) is 6.08. The Morgan fingerprint density at radius 1 is 1.22 bits per heavy atom. The van der Waals surface area contributed by atoms with E-state index in [1.54, 1.807) is 0 Å². The fourth-order valence-corrected chi connectivity index (χ4v) is 4.65. The number of fused-ring (bicyclic) bond motifs is 1. The predicted molar refractivity (Wildman–Crippen MR) is 103 cm³/mol. The van der Waals surface area contributed by atoms with Gasteiger partial charge in [-0.15, -0.1) is 0 Å². The molecular weight excluding hydrogens is 342 g/mol. The lowest BCUT2D eigenvalue weighted by Crippen LogP contribution is -2.55. The van der Waals surface area contributed by atoms with Crippen molar-refractivity contribution in [2.24, 2.45) is 5.41 Å². The first-order valence-corrected chi connectivity index (χ1v) is 9.85. The first kappa shape index (κ1) is 18.0. The van der Waals surface area contributed by atoms with Crippen LogP contribution < -0.4 is 0 Å². The zero-order chi connectivity index (χ0) is 18.9. The molecule has 3 heterocycles. The number of aliphatic hydroxyl groups is 1. The van der Waals surface area contributed by atoms with Gasteiger partial charge in [0.1, 0.15) is 0 Å². The number of rotatable bonds is 4. The maximum atomic E-state index is 13.1. The van der Waals surface area contributed by atoms with Crippen LogP contribution in [0.25, 0.3) is 10.9 Å². The molecule has 2 aliphatic heterocycles. The number of hydrogen-bond acceptors (Lipinski definition) is 3. The molecule has 6 nitrogen and oxygen atoms in total. The van der Waals surface area contributed by atoms with Crippen LogP contribution in [0.5, 0.6) is 0 Å². The van der Waals surface area contributed by atoms with Crippen molar-refractivity contribution in [1.82, 2.24) is 14.8 Å². The average Bonchev–Trinajstić information content (AvgIpc) is 3.16. The monoisotopic (exact) mass is 369 g/mol. The van der Waals surface area contributed by atoms with Crippen molar-refractivity contribution in [3.05, 3.63) is 36.0 Å². The number of nitrogens with zero attached hydrogens (tertiary/aromatic N) is 2. The molecule has 6 heteroatoms. The lowest BCUT2D eigenvalue weighted by molar-refractivity contribution is -0.139. The lowest BCUT2D eigenvalue weighted by Gasteiger charge is -2.48. The summed E-state index contributed by atoms with van der Waals surface area (Å²) in [5.74, 6) is 0.249. The van der Waals surface area contributed by atoms with E-state index in [9.17, 15) is 9.59 Å². The molecule has 2 amide bonds. The Kier molecular flexibility index (Phi) is 4.91. The fraction of sp³-hybridized carbons (Fsp3) is 0.524. The summed E-state index contributed by atoms with van der Waals surface area (Å²) in [5, 5.41) is 10.2. The van der Waals surface area contributed by atoms with Crippen molar-refractivity contribution < 1.29 is 14.7 Å². The number of hydrogen-bond donors (Lipinski definition) is 2. The van der Waals surface area contributed by atoms with Gasteiger partial charge in [-0.1, -0.05) is 6.07 Å². The molecule has 0 unspecified atom stereocenters. The Hall–Kier alpha value is -2.34. The second kappa shape index (κ2) is 7.35. The van der Waals surface area contributed by atoms with Crippen LogP contribution in [0, 0.1) is 5.41 Å². The van der Waals surface area contributed by atoms with E-state index in [4.69, 9.17) is 5.11 Å². The number of carbonyl (C=O) groups excluding carboxylic acids is 2. The number of H-pyrrole nitrogens is 1. The van der Waals surface area contributed by atoms with Crippen molar-refractivity contribution >= 4 is 22.7 Å². The van der Waals surface area contributed by atoms with Crippen molar-refractivity contribution in [2.75, 3.05) is 32.8 Å². The number of aliphatic hydroxyl groups excluding tert-OH is 1. The molecule has 1 spiro atoms. The van der Waals surface area contributed by atoms with Gasteiger partial charge < -0.3 is 19.9 Å².